The third-order valence-electron chi connectivity index (χ3n) is 7.78. The van der Waals surface area contributed by atoms with Crippen molar-refractivity contribution in [2.75, 3.05) is 84.6 Å². The number of aliphatic hydroxyl groups excluding tert-OH is 6. The smallest absolute Gasteiger partial charge is 0.390 e. The monoisotopic (exact) mass is 816 g/mol. The van der Waals surface area contributed by atoms with E-state index in [-0.39, 0.29) is 0 Å². The summed E-state index contributed by atoms with van der Waals surface area (Å²) in [5, 5.41) is 62.3. The lowest BCUT2D eigenvalue weighted by molar-refractivity contribution is -0.160. The molecule has 0 amide bonds. The highest BCUT2D eigenvalue weighted by atomic mass is 32.3. The minimum Gasteiger partial charge on any atom is -0.390 e. The van der Waals surface area contributed by atoms with Crippen molar-refractivity contribution in [2.45, 2.75) is 72.9 Å². The average molecular weight is 817 g/mol. The van der Waals surface area contributed by atoms with Gasteiger partial charge in [0.2, 0.25) is 0 Å². The third kappa shape index (κ3) is 21.6. The molecule has 12 N–H and O–H groups in total. The van der Waals surface area contributed by atoms with Crippen molar-refractivity contribution >= 4 is 31.2 Å². The molecule has 24 nitrogen and oxygen atoms in total. The molecule has 2 saturated carbocycles. The van der Waals surface area contributed by atoms with Gasteiger partial charge in [-0.25, -0.2) is 0 Å². The largest absolute Gasteiger partial charge is 0.394 e. The van der Waals surface area contributed by atoms with Gasteiger partial charge in [0.1, 0.15) is 0 Å². The molecule has 0 aromatic carbocycles. The Balaban J connectivity index is -0.000000649. The fourth-order valence-electron chi connectivity index (χ4n) is 6.09. The van der Waals surface area contributed by atoms with Crippen molar-refractivity contribution in [3.05, 3.63) is 0 Å². The molecule has 0 aromatic heterocycles. The molecule has 0 unspecified atom stereocenters. The van der Waals surface area contributed by atoms with Crippen molar-refractivity contribution in [1.29, 1.82) is 0 Å². The molecule has 0 aromatic rings. The van der Waals surface area contributed by atoms with Crippen molar-refractivity contribution in [2.24, 2.45) is 0 Å². The Kier molecular flexibility index (Phi) is 24.0. The van der Waals surface area contributed by atoms with Crippen LogP contribution in [0.2, 0.25) is 0 Å². The molecule has 0 spiro atoms. The summed E-state index contributed by atoms with van der Waals surface area (Å²) >= 11 is 0. The zero-order valence-electron chi connectivity index (χ0n) is 30.7. The number of likely N-dealkylation sites (N-methyl/N-ethyl adjacent to an activating group) is 6. The zero-order chi connectivity index (χ0) is 41.9. The van der Waals surface area contributed by atoms with Gasteiger partial charge in [0.25, 0.3) is 0 Å². The van der Waals surface area contributed by atoms with Crippen LogP contribution in [0.15, 0.2) is 0 Å². The van der Waals surface area contributed by atoms with Crippen LogP contribution in [0.5, 0.6) is 0 Å². The lowest BCUT2D eigenvalue weighted by Gasteiger charge is -2.51. The standard InChI is InChI=1S/2C12H27N3O3.3H2O4S/c2*1-13(2)7-10(16)8(14(3)4)12(18)9(11(7)17)15(5)6;3*1-5(2,3)4/h2*7-12,16-18H,1-6H3;3*(H2,1,2,3,4). The van der Waals surface area contributed by atoms with Crippen molar-refractivity contribution < 1.29 is 83.2 Å². The summed E-state index contributed by atoms with van der Waals surface area (Å²) in [6.45, 7) is 0. The first-order chi connectivity index (χ1) is 22.4. The van der Waals surface area contributed by atoms with Crippen molar-refractivity contribution in [3.63, 3.8) is 0 Å². The molecule has 0 heterocycles. The second-order valence-corrected chi connectivity index (χ2v) is 15.7. The number of hydrogen-bond donors (Lipinski definition) is 12. The van der Waals surface area contributed by atoms with Gasteiger partial charge in [-0.1, -0.05) is 0 Å². The summed E-state index contributed by atoms with van der Waals surface area (Å²) in [6, 6.07) is -2.37. The van der Waals surface area contributed by atoms with E-state index in [0.717, 1.165) is 0 Å². The molecule has 0 radical (unpaired) electrons. The quantitative estimate of drug-likeness (QED) is 0.111. The Morgan fingerprint density at radius 3 is 0.373 bits per heavy atom. The summed E-state index contributed by atoms with van der Waals surface area (Å²) in [5.41, 5.74) is 0. The Bertz CT molecular complexity index is 1050. The molecule has 0 aliphatic heterocycles. The van der Waals surface area contributed by atoms with Gasteiger partial charge in [0.05, 0.1) is 72.9 Å². The van der Waals surface area contributed by atoms with E-state index in [0.29, 0.717) is 0 Å². The molecule has 2 aliphatic rings. The van der Waals surface area contributed by atoms with Gasteiger partial charge in [0.15, 0.2) is 0 Å². The Hall–Kier alpha value is -0.870. The second-order valence-electron chi connectivity index (χ2n) is 13.0. The average Bonchev–Trinajstić information content (AvgIpc) is 2.79. The molecule has 2 rings (SSSR count). The first kappa shape index (κ1) is 54.5. The first-order valence-electron chi connectivity index (χ1n) is 14.6. The normalized spacial score (nSPS) is 33.1. The van der Waals surface area contributed by atoms with Crippen LogP contribution in [0.25, 0.3) is 0 Å². The van der Waals surface area contributed by atoms with E-state index in [2.05, 4.69) is 0 Å². The van der Waals surface area contributed by atoms with Gasteiger partial charge in [-0.05, 0) is 84.6 Å². The molecule has 2 aliphatic carbocycles. The molecule has 27 heteroatoms. The summed E-state index contributed by atoms with van der Waals surface area (Å²) < 4.78 is 94.8. The molecule has 51 heavy (non-hydrogen) atoms. The Morgan fingerprint density at radius 2 is 0.333 bits per heavy atom. The number of aliphatic hydroxyl groups is 6. The van der Waals surface area contributed by atoms with Crippen LogP contribution in [-0.2, 0) is 31.2 Å². The first-order valence-corrected chi connectivity index (χ1v) is 18.8. The van der Waals surface area contributed by atoms with E-state index in [9.17, 15) is 30.6 Å². The van der Waals surface area contributed by atoms with E-state index in [4.69, 9.17) is 52.6 Å². The molecule has 312 valence electrons. The maximum atomic E-state index is 10.4. The topological polar surface area (TPSA) is 365 Å². The van der Waals surface area contributed by atoms with Crippen LogP contribution in [0.1, 0.15) is 0 Å². The minimum atomic E-state index is -4.67. The van der Waals surface area contributed by atoms with Crippen LogP contribution in [0.3, 0.4) is 0 Å². The SMILES string of the molecule is CN(C)C1C(O)C(N(C)C)C(O)C(N(C)C)C1O.CN(C)C1C(O)C(N(C)C)C(O)C(N(C)C)C1O.O=S(=O)(O)O.O=S(=O)(O)O.O=S(=O)(O)O. The zero-order valence-corrected chi connectivity index (χ0v) is 33.1. The van der Waals surface area contributed by atoms with Crippen LogP contribution >= 0.6 is 0 Å². The van der Waals surface area contributed by atoms with Crippen LogP contribution in [-0.4, -0.2) is 270 Å². The summed E-state index contributed by atoms with van der Waals surface area (Å²) in [5.74, 6) is 0. The molecule has 0 saturated heterocycles. The molecule has 0 bridgehead atoms. The van der Waals surface area contributed by atoms with Crippen LogP contribution < -0.4 is 0 Å². The van der Waals surface area contributed by atoms with E-state index >= 15 is 0 Å². The lowest BCUT2D eigenvalue weighted by Crippen LogP contribution is -2.72. The number of rotatable bonds is 6. The molecular weight excluding hydrogens is 756 g/mol. The molecule has 0 atom stereocenters. The van der Waals surface area contributed by atoms with E-state index in [1.54, 1.807) is 0 Å². The van der Waals surface area contributed by atoms with Crippen molar-refractivity contribution in [3.8, 4) is 0 Å². The van der Waals surface area contributed by atoms with Crippen LogP contribution in [0.4, 0.5) is 0 Å². The third-order valence-corrected chi connectivity index (χ3v) is 7.78. The highest BCUT2D eigenvalue weighted by Crippen LogP contribution is 2.30. The maximum absolute atomic E-state index is 10.4. The van der Waals surface area contributed by atoms with E-state index in [1.165, 1.54) is 0 Å². The van der Waals surface area contributed by atoms with Gasteiger partial charge in [0, 0.05) is 0 Å². The predicted octanol–water partition coefficient (Wildman–Crippen LogP) is -6.21. The highest BCUT2D eigenvalue weighted by Gasteiger charge is 2.52. The maximum Gasteiger partial charge on any atom is 0.394 e. The summed E-state index contributed by atoms with van der Waals surface area (Å²) in [4.78, 5) is 10.9. The second kappa shape index (κ2) is 22.5. The lowest BCUT2D eigenvalue weighted by atomic mass is 9.78. The number of nitrogens with zero attached hydrogens (tertiary/aromatic N) is 6. The van der Waals surface area contributed by atoms with Gasteiger partial charge in [-0.15, -0.1) is 0 Å². The fourth-order valence-corrected chi connectivity index (χ4v) is 6.09. The predicted molar refractivity (Wildman–Crippen MR) is 183 cm³/mol. The van der Waals surface area contributed by atoms with Gasteiger partial charge >= 0.3 is 31.2 Å². The number of hydrogen-bond acceptors (Lipinski definition) is 18. The summed E-state index contributed by atoms with van der Waals surface area (Å²) in [7, 11) is 7.93. The Labute approximate surface area is 300 Å². The minimum absolute atomic E-state index is 0.395. The van der Waals surface area contributed by atoms with E-state index in [1.807, 2.05) is 114 Å². The molecular formula is C24H60N6O18S3. The van der Waals surface area contributed by atoms with Crippen molar-refractivity contribution in [1.82, 2.24) is 29.4 Å². The summed E-state index contributed by atoms with van der Waals surface area (Å²) in [6.07, 6.45) is -4.77. The van der Waals surface area contributed by atoms with Gasteiger partial charge in [-0.2, -0.15) is 25.3 Å². The van der Waals surface area contributed by atoms with Gasteiger partial charge < -0.3 is 60.0 Å². The highest BCUT2D eigenvalue weighted by molar-refractivity contribution is 7.80. The fraction of sp³-hybridized carbons (Fsp3) is 1.00. The van der Waals surface area contributed by atoms with Crippen LogP contribution in [0, 0.1) is 0 Å². The Morgan fingerprint density at radius 1 is 0.275 bits per heavy atom. The van der Waals surface area contributed by atoms with Gasteiger partial charge in [-0.3, -0.25) is 27.3 Å². The molecule has 2 fully saturated rings. The van der Waals surface area contributed by atoms with E-state index < -0.39 is 104 Å².